The van der Waals surface area contributed by atoms with Gasteiger partial charge in [-0.1, -0.05) is 18.2 Å². The predicted molar refractivity (Wildman–Crippen MR) is 77.0 cm³/mol. The molecule has 1 saturated carbocycles. The Morgan fingerprint density at radius 2 is 2.00 bits per heavy atom. The number of benzene rings is 1. The van der Waals surface area contributed by atoms with E-state index in [2.05, 4.69) is 4.98 Å². The molecule has 1 aliphatic rings. The summed E-state index contributed by atoms with van der Waals surface area (Å²) in [5.74, 6) is -1.04. The van der Waals surface area contributed by atoms with Gasteiger partial charge in [0.25, 0.3) is 0 Å². The highest BCUT2D eigenvalue weighted by molar-refractivity contribution is 6.38. The Bertz CT molecular complexity index is 739. The maximum atomic E-state index is 11.6. The van der Waals surface area contributed by atoms with Crippen molar-refractivity contribution in [2.75, 3.05) is 0 Å². The van der Waals surface area contributed by atoms with Crippen LogP contribution < -0.4 is 0 Å². The zero-order valence-corrected chi connectivity index (χ0v) is 11.7. The van der Waals surface area contributed by atoms with E-state index in [0.717, 1.165) is 11.1 Å². The third-order valence-electron chi connectivity index (χ3n) is 4.06. The number of hydrogen-bond donors (Lipinski definition) is 1. The number of aromatic nitrogens is 1. The molecule has 0 aliphatic heterocycles. The Morgan fingerprint density at radius 1 is 1.29 bits per heavy atom. The molecule has 1 N–H and O–H groups in total. The van der Waals surface area contributed by atoms with Gasteiger partial charge in [-0.15, -0.1) is 11.6 Å². The van der Waals surface area contributed by atoms with E-state index < -0.39 is 16.3 Å². The van der Waals surface area contributed by atoms with Crippen LogP contribution in [0.15, 0.2) is 48.8 Å². The largest absolute Gasteiger partial charge is 0.480 e. The van der Waals surface area contributed by atoms with E-state index in [0.29, 0.717) is 12.0 Å². The molecule has 0 amide bonds. The normalized spacial score (nSPS) is 26.9. The standard InChI is InChI=1S/C16H11ClN2O2/c17-16(14(20)21)10-15(16,13-2-1-7-19-9-13)12-5-3-11(8-18)4-6-12/h1-7,9H,10H2,(H,20,21). The maximum absolute atomic E-state index is 11.6. The molecule has 3 rings (SSSR count). The van der Waals surface area contributed by atoms with Gasteiger partial charge in [-0.05, 0) is 35.7 Å². The van der Waals surface area contributed by atoms with Crippen molar-refractivity contribution in [3.63, 3.8) is 0 Å². The zero-order valence-electron chi connectivity index (χ0n) is 11.0. The van der Waals surface area contributed by atoms with Crippen LogP contribution in [0.25, 0.3) is 0 Å². The highest BCUT2D eigenvalue weighted by Gasteiger charge is 2.73. The molecule has 0 bridgehead atoms. The average Bonchev–Trinajstić information content (AvgIpc) is 3.17. The fourth-order valence-corrected chi connectivity index (χ4v) is 3.27. The smallest absolute Gasteiger partial charge is 0.326 e. The van der Waals surface area contributed by atoms with Crippen molar-refractivity contribution in [3.8, 4) is 6.07 Å². The van der Waals surface area contributed by atoms with Gasteiger partial charge < -0.3 is 5.11 Å². The molecule has 21 heavy (non-hydrogen) atoms. The van der Waals surface area contributed by atoms with Crippen LogP contribution in [0.3, 0.4) is 0 Å². The fourth-order valence-electron chi connectivity index (χ4n) is 2.85. The van der Waals surface area contributed by atoms with E-state index in [9.17, 15) is 9.90 Å². The van der Waals surface area contributed by atoms with Gasteiger partial charge in [-0.25, -0.2) is 0 Å². The first-order chi connectivity index (χ1) is 10.0. The second-order valence-corrected chi connectivity index (χ2v) is 5.76. The molecule has 4 nitrogen and oxygen atoms in total. The zero-order chi connectivity index (χ0) is 15.1. The fraction of sp³-hybridized carbons (Fsp3) is 0.188. The van der Waals surface area contributed by atoms with Crippen LogP contribution in [0.1, 0.15) is 23.1 Å². The number of rotatable bonds is 3. The molecule has 2 unspecified atom stereocenters. The lowest BCUT2D eigenvalue weighted by atomic mass is 9.86. The lowest BCUT2D eigenvalue weighted by Gasteiger charge is -2.20. The summed E-state index contributed by atoms with van der Waals surface area (Å²) >= 11 is 6.35. The van der Waals surface area contributed by atoms with Crippen LogP contribution in [0.5, 0.6) is 0 Å². The Balaban J connectivity index is 2.16. The van der Waals surface area contributed by atoms with Crippen LogP contribution >= 0.6 is 11.6 Å². The summed E-state index contributed by atoms with van der Waals surface area (Å²) in [7, 11) is 0. The minimum atomic E-state index is -1.37. The van der Waals surface area contributed by atoms with Crippen molar-refractivity contribution >= 4 is 17.6 Å². The van der Waals surface area contributed by atoms with E-state index in [-0.39, 0.29) is 0 Å². The van der Waals surface area contributed by atoms with E-state index in [4.69, 9.17) is 16.9 Å². The van der Waals surface area contributed by atoms with Gasteiger partial charge in [-0.3, -0.25) is 9.78 Å². The molecule has 1 fully saturated rings. The first-order valence-corrected chi connectivity index (χ1v) is 6.76. The minimum Gasteiger partial charge on any atom is -0.480 e. The summed E-state index contributed by atoms with van der Waals surface area (Å²) < 4.78 is 0. The lowest BCUT2D eigenvalue weighted by molar-refractivity contribution is -0.137. The van der Waals surface area contributed by atoms with Crippen molar-refractivity contribution in [3.05, 3.63) is 65.5 Å². The number of carboxylic acids is 1. The molecule has 1 heterocycles. The highest BCUT2D eigenvalue weighted by atomic mass is 35.5. The van der Waals surface area contributed by atoms with Crippen molar-refractivity contribution < 1.29 is 9.90 Å². The molecule has 0 radical (unpaired) electrons. The Morgan fingerprint density at radius 3 is 2.48 bits per heavy atom. The van der Waals surface area contributed by atoms with Crippen molar-refractivity contribution in [2.24, 2.45) is 0 Å². The summed E-state index contributed by atoms with van der Waals surface area (Å²) in [4.78, 5) is 14.3. The number of hydrogen-bond acceptors (Lipinski definition) is 3. The molecule has 1 aromatic carbocycles. The third kappa shape index (κ3) is 1.82. The van der Waals surface area contributed by atoms with Gasteiger partial charge in [0.2, 0.25) is 0 Å². The quantitative estimate of drug-likeness (QED) is 0.884. The van der Waals surface area contributed by atoms with Crippen LogP contribution in [0, 0.1) is 11.3 Å². The van der Waals surface area contributed by atoms with Gasteiger partial charge in [0.05, 0.1) is 17.0 Å². The number of alkyl halides is 1. The van der Waals surface area contributed by atoms with Gasteiger partial charge >= 0.3 is 5.97 Å². The summed E-state index contributed by atoms with van der Waals surface area (Å²) in [5, 5.41) is 18.3. The molecular weight excluding hydrogens is 288 g/mol. The Kier molecular flexibility index (Phi) is 2.96. The minimum absolute atomic E-state index is 0.300. The number of nitriles is 1. The average molecular weight is 299 g/mol. The van der Waals surface area contributed by atoms with Gasteiger partial charge in [0.1, 0.15) is 0 Å². The van der Waals surface area contributed by atoms with E-state index in [1.807, 2.05) is 12.1 Å². The second-order valence-electron chi connectivity index (χ2n) is 5.12. The molecule has 2 atom stereocenters. The number of aliphatic carboxylic acids is 1. The monoisotopic (exact) mass is 298 g/mol. The van der Waals surface area contributed by atoms with Gasteiger partial charge in [-0.2, -0.15) is 5.26 Å². The van der Waals surface area contributed by atoms with Gasteiger partial charge in [0, 0.05) is 12.4 Å². The summed E-state index contributed by atoms with van der Waals surface area (Å²) in [5.41, 5.74) is 1.28. The number of pyridine rings is 1. The molecule has 0 spiro atoms. The van der Waals surface area contributed by atoms with Gasteiger partial charge in [0.15, 0.2) is 4.87 Å². The molecule has 104 valence electrons. The maximum Gasteiger partial charge on any atom is 0.326 e. The summed E-state index contributed by atoms with van der Waals surface area (Å²) in [6.07, 6.45) is 3.58. The van der Waals surface area contributed by atoms with Crippen LogP contribution in [-0.2, 0) is 10.2 Å². The SMILES string of the molecule is N#Cc1ccc(C2(c3cccnc3)CC2(Cl)C(=O)O)cc1. The predicted octanol–water partition coefficient (Wildman–Crippen LogP) is 2.71. The second kappa shape index (κ2) is 4.57. The Hall–Kier alpha value is -2.38. The van der Waals surface area contributed by atoms with E-state index in [1.165, 1.54) is 0 Å². The Labute approximate surface area is 126 Å². The van der Waals surface area contributed by atoms with Crippen molar-refractivity contribution in [1.29, 1.82) is 5.26 Å². The van der Waals surface area contributed by atoms with Crippen LogP contribution in [0.4, 0.5) is 0 Å². The molecule has 5 heteroatoms. The number of nitrogens with zero attached hydrogens (tertiary/aromatic N) is 2. The van der Waals surface area contributed by atoms with Crippen molar-refractivity contribution in [1.82, 2.24) is 4.98 Å². The third-order valence-corrected chi connectivity index (χ3v) is 4.68. The molecular formula is C16H11ClN2O2. The first-order valence-electron chi connectivity index (χ1n) is 6.38. The first kappa shape index (κ1) is 13.6. The lowest BCUT2D eigenvalue weighted by Crippen LogP contribution is -2.28. The molecule has 1 aliphatic carbocycles. The highest BCUT2D eigenvalue weighted by Crippen LogP contribution is 2.65. The summed E-state index contributed by atoms with van der Waals surface area (Å²) in [6.45, 7) is 0. The van der Waals surface area contributed by atoms with Crippen LogP contribution in [0.2, 0.25) is 0 Å². The number of carbonyl (C=O) groups is 1. The molecule has 0 saturated heterocycles. The number of halogens is 1. The van der Waals surface area contributed by atoms with Crippen LogP contribution in [-0.4, -0.2) is 20.9 Å². The topological polar surface area (TPSA) is 74.0 Å². The van der Waals surface area contributed by atoms with E-state index in [1.54, 1.807) is 42.7 Å². The molecule has 2 aromatic rings. The summed E-state index contributed by atoms with van der Waals surface area (Å²) in [6, 6.07) is 12.5. The van der Waals surface area contributed by atoms with Crippen molar-refractivity contribution in [2.45, 2.75) is 16.7 Å². The number of carboxylic acid groups (broad SMARTS) is 1. The molecule has 1 aromatic heterocycles. The van der Waals surface area contributed by atoms with E-state index >= 15 is 0 Å².